The summed E-state index contributed by atoms with van der Waals surface area (Å²) in [6, 6.07) is 10.1. The molecule has 38 heavy (non-hydrogen) atoms. The lowest BCUT2D eigenvalue weighted by atomic mass is 9.94. The second-order valence-electron chi connectivity index (χ2n) is 11.4. The van der Waals surface area contributed by atoms with Crippen LogP contribution in [-0.2, 0) is 23.0 Å². The van der Waals surface area contributed by atoms with Gasteiger partial charge in [-0.2, -0.15) is 8.42 Å². The first-order valence-corrected chi connectivity index (χ1v) is 17.4. The summed E-state index contributed by atoms with van der Waals surface area (Å²) in [6.45, 7) is 4.51. The molecule has 0 unspecified atom stereocenters. The van der Waals surface area contributed by atoms with E-state index in [0.717, 1.165) is 47.6 Å². The van der Waals surface area contributed by atoms with E-state index in [0.29, 0.717) is 12.8 Å². The standard InChI is InChI=1S/C34H56O3S/c1-3-5-7-9-11-13-15-17-19-21-26-31-29-30-25-23-24-27-32(30)33(34(31)38(35,36)37)28-22-20-18-16-14-12-10-8-6-4-2/h23-25,27,29H,3-22,26,28H2,1-2H3,(H,35,36,37). The molecular weight excluding hydrogens is 488 g/mol. The van der Waals surface area contributed by atoms with Crippen LogP contribution in [0.25, 0.3) is 10.8 Å². The molecule has 0 spiro atoms. The maximum Gasteiger partial charge on any atom is 0.295 e. The van der Waals surface area contributed by atoms with E-state index >= 15 is 0 Å². The lowest BCUT2D eigenvalue weighted by Gasteiger charge is -2.16. The van der Waals surface area contributed by atoms with Gasteiger partial charge in [-0.1, -0.05) is 154 Å². The number of rotatable bonds is 23. The topological polar surface area (TPSA) is 54.4 Å². The molecule has 0 aromatic heterocycles. The second-order valence-corrected chi connectivity index (χ2v) is 12.8. The van der Waals surface area contributed by atoms with Gasteiger partial charge in [0.2, 0.25) is 0 Å². The van der Waals surface area contributed by atoms with Crippen molar-refractivity contribution in [2.24, 2.45) is 0 Å². The van der Waals surface area contributed by atoms with Gasteiger partial charge in [0, 0.05) is 0 Å². The van der Waals surface area contributed by atoms with Crippen LogP contribution >= 0.6 is 0 Å². The quantitative estimate of drug-likeness (QED) is 0.112. The van der Waals surface area contributed by atoms with Gasteiger partial charge in [-0.05, 0) is 53.6 Å². The van der Waals surface area contributed by atoms with Crippen LogP contribution in [-0.4, -0.2) is 13.0 Å². The summed E-state index contributed by atoms with van der Waals surface area (Å²) in [6.07, 6.45) is 26.5. The summed E-state index contributed by atoms with van der Waals surface area (Å²) >= 11 is 0. The summed E-state index contributed by atoms with van der Waals surface area (Å²) in [5.74, 6) is 0. The van der Waals surface area contributed by atoms with Crippen LogP contribution in [0.3, 0.4) is 0 Å². The molecule has 216 valence electrons. The molecule has 0 aliphatic carbocycles. The first kappa shape index (κ1) is 32.8. The van der Waals surface area contributed by atoms with Crippen molar-refractivity contribution in [3.63, 3.8) is 0 Å². The van der Waals surface area contributed by atoms with Crippen molar-refractivity contribution in [3.05, 3.63) is 41.5 Å². The second kappa shape index (κ2) is 19.6. The maximum atomic E-state index is 12.6. The Hall–Kier alpha value is -1.39. The highest BCUT2D eigenvalue weighted by Crippen LogP contribution is 2.32. The predicted octanol–water partition coefficient (Wildman–Crippen LogP) is 11.0. The molecule has 0 heterocycles. The maximum absolute atomic E-state index is 12.6. The third-order valence-electron chi connectivity index (χ3n) is 8.02. The van der Waals surface area contributed by atoms with Crippen LogP contribution in [0.5, 0.6) is 0 Å². The van der Waals surface area contributed by atoms with E-state index in [1.165, 1.54) is 103 Å². The monoisotopic (exact) mass is 544 g/mol. The summed E-state index contributed by atoms with van der Waals surface area (Å²) in [5, 5.41) is 2.06. The highest BCUT2D eigenvalue weighted by Gasteiger charge is 2.22. The molecule has 2 aromatic rings. The molecule has 0 atom stereocenters. The zero-order chi connectivity index (χ0) is 27.5. The van der Waals surface area contributed by atoms with Crippen LogP contribution in [0, 0.1) is 0 Å². The van der Waals surface area contributed by atoms with Gasteiger partial charge in [-0.3, -0.25) is 4.55 Å². The van der Waals surface area contributed by atoms with Crippen molar-refractivity contribution in [1.82, 2.24) is 0 Å². The Bertz CT molecular complexity index is 996. The smallest absolute Gasteiger partial charge is 0.282 e. The van der Waals surface area contributed by atoms with Crippen molar-refractivity contribution < 1.29 is 13.0 Å². The minimum atomic E-state index is -4.28. The molecule has 3 nitrogen and oxygen atoms in total. The van der Waals surface area contributed by atoms with E-state index in [4.69, 9.17) is 0 Å². The number of hydrogen-bond donors (Lipinski definition) is 1. The molecule has 2 aromatic carbocycles. The van der Waals surface area contributed by atoms with Crippen molar-refractivity contribution in [2.75, 3.05) is 0 Å². The van der Waals surface area contributed by atoms with Crippen molar-refractivity contribution in [3.8, 4) is 0 Å². The van der Waals surface area contributed by atoms with Crippen LogP contribution in [0.1, 0.15) is 153 Å². The number of aryl methyl sites for hydroxylation is 2. The van der Waals surface area contributed by atoms with Crippen molar-refractivity contribution in [1.29, 1.82) is 0 Å². The number of unbranched alkanes of at least 4 members (excludes halogenated alkanes) is 18. The fourth-order valence-electron chi connectivity index (χ4n) is 5.81. The molecule has 2 rings (SSSR count). The fourth-order valence-corrected chi connectivity index (χ4v) is 6.83. The van der Waals surface area contributed by atoms with Crippen LogP contribution in [0.2, 0.25) is 0 Å². The van der Waals surface area contributed by atoms with Crippen LogP contribution < -0.4 is 0 Å². The van der Waals surface area contributed by atoms with Crippen LogP contribution in [0.4, 0.5) is 0 Å². The zero-order valence-electron chi connectivity index (χ0n) is 24.6. The van der Waals surface area contributed by atoms with E-state index in [9.17, 15) is 13.0 Å². The SMILES string of the molecule is CCCCCCCCCCCCc1cc2ccccc2c(CCCCCCCCCCCC)c1S(=O)(=O)O. The highest BCUT2D eigenvalue weighted by atomic mass is 32.2. The van der Waals surface area contributed by atoms with Gasteiger partial charge in [0.15, 0.2) is 0 Å². The lowest BCUT2D eigenvalue weighted by Crippen LogP contribution is -2.09. The highest BCUT2D eigenvalue weighted by molar-refractivity contribution is 7.86. The van der Waals surface area contributed by atoms with E-state index in [-0.39, 0.29) is 4.90 Å². The van der Waals surface area contributed by atoms with Crippen molar-refractivity contribution in [2.45, 2.75) is 160 Å². The molecule has 0 amide bonds. The lowest BCUT2D eigenvalue weighted by molar-refractivity contribution is 0.480. The summed E-state index contributed by atoms with van der Waals surface area (Å²) in [5.41, 5.74) is 1.63. The van der Waals surface area contributed by atoms with Gasteiger partial charge < -0.3 is 0 Å². The van der Waals surface area contributed by atoms with Crippen LogP contribution in [0.15, 0.2) is 35.2 Å². The minimum absolute atomic E-state index is 0.197. The third kappa shape index (κ3) is 12.6. The summed E-state index contributed by atoms with van der Waals surface area (Å²) < 4.78 is 35.6. The first-order chi connectivity index (χ1) is 18.5. The molecule has 0 fully saturated rings. The van der Waals surface area contributed by atoms with E-state index in [2.05, 4.69) is 19.9 Å². The predicted molar refractivity (Wildman–Crippen MR) is 165 cm³/mol. The van der Waals surface area contributed by atoms with Gasteiger partial charge in [0.05, 0.1) is 0 Å². The fraction of sp³-hybridized carbons (Fsp3) is 0.706. The molecule has 0 aliphatic rings. The average molecular weight is 545 g/mol. The van der Waals surface area contributed by atoms with Gasteiger partial charge >= 0.3 is 0 Å². The summed E-state index contributed by atoms with van der Waals surface area (Å²) in [7, 11) is -4.28. The number of hydrogen-bond acceptors (Lipinski definition) is 2. The minimum Gasteiger partial charge on any atom is -0.282 e. The van der Waals surface area contributed by atoms with E-state index in [1.54, 1.807) is 0 Å². The molecule has 0 radical (unpaired) electrons. The van der Waals surface area contributed by atoms with E-state index in [1.807, 2.05) is 24.3 Å². The Morgan fingerprint density at radius 2 is 1.00 bits per heavy atom. The van der Waals surface area contributed by atoms with Gasteiger partial charge in [-0.25, -0.2) is 0 Å². The largest absolute Gasteiger partial charge is 0.295 e. The molecule has 0 saturated heterocycles. The first-order valence-electron chi connectivity index (χ1n) is 16.0. The molecular formula is C34H56O3S. The Morgan fingerprint density at radius 3 is 1.47 bits per heavy atom. The Labute approximate surface area is 235 Å². The van der Waals surface area contributed by atoms with Crippen molar-refractivity contribution >= 4 is 20.9 Å². The molecule has 0 saturated carbocycles. The summed E-state index contributed by atoms with van der Waals surface area (Å²) in [4.78, 5) is 0.197. The average Bonchev–Trinajstić information content (AvgIpc) is 2.89. The Balaban J connectivity index is 1.93. The van der Waals surface area contributed by atoms with Gasteiger partial charge in [0.25, 0.3) is 10.1 Å². The van der Waals surface area contributed by atoms with E-state index < -0.39 is 10.1 Å². The number of fused-ring (bicyclic) bond motifs is 1. The number of benzene rings is 2. The molecule has 1 N–H and O–H groups in total. The Kier molecular flexibility index (Phi) is 17.0. The third-order valence-corrected chi connectivity index (χ3v) is 9.04. The molecule has 0 aliphatic heterocycles. The van der Waals surface area contributed by atoms with Gasteiger partial charge in [-0.15, -0.1) is 0 Å². The van der Waals surface area contributed by atoms with Gasteiger partial charge in [0.1, 0.15) is 4.90 Å². The normalized spacial score (nSPS) is 12.0. The molecule has 0 bridgehead atoms. The Morgan fingerprint density at radius 1 is 0.579 bits per heavy atom. The molecule has 4 heteroatoms. The zero-order valence-corrected chi connectivity index (χ0v) is 25.4.